The minimum atomic E-state index is -1.05. The van der Waals surface area contributed by atoms with Gasteiger partial charge in [-0.25, -0.2) is 9.59 Å². The first kappa shape index (κ1) is 20.3. The Balaban J connectivity index is 1.40. The summed E-state index contributed by atoms with van der Waals surface area (Å²) >= 11 is 4.70. The lowest BCUT2D eigenvalue weighted by atomic mass is 9.98. The number of fused-ring (bicyclic) bond motifs is 3. The zero-order valence-corrected chi connectivity index (χ0v) is 18.9. The smallest absolute Gasteiger partial charge is 0.411 e. The van der Waals surface area contributed by atoms with Crippen LogP contribution in [0.5, 0.6) is 0 Å². The molecule has 3 aromatic rings. The number of halogens is 1. The van der Waals surface area contributed by atoms with E-state index in [1.54, 1.807) is 6.07 Å². The van der Waals surface area contributed by atoms with Gasteiger partial charge < -0.3 is 9.84 Å². The molecule has 1 unspecified atom stereocenters. The molecule has 1 amide bonds. The number of hydrogen-bond acceptors (Lipinski definition) is 4. The molecular formula is C24H20BrNO4S. The average Bonchev–Trinajstić information content (AvgIpc) is 3.43. The lowest BCUT2D eigenvalue weighted by Gasteiger charge is -2.28. The van der Waals surface area contributed by atoms with Crippen LogP contribution in [-0.4, -0.2) is 34.7 Å². The minimum Gasteiger partial charge on any atom is -0.479 e. The van der Waals surface area contributed by atoms with Crippen molar-refractivity contribution < 1.29 is 19.4 Å². The number of ether oxygens (including phenoxy) is 1. The molecule has 1 saturated carbocycles. The van der Waals surface area contributed by atoms with Crippen LogP contribution in [0.3, 0.4) is 0 Å². The monoisotopic (exact) mass is 497 g/mol. The first-order chi connectivity index (χ1) is 15.0. The molecular weight excluding hydrogens is 478 g/mol. The number of benzene rings is 2. The molecule has 0 aliphatic heterocycles. The third-order valence-electron chi connectivity index (χ3n) is 5.86. The zero-order valence-electron chi connectivity index (χ0n) is 16.5. The Bertz CT molecular complexity index is 1110. The normalized spacial score (nSPS) is 15.8. The Hall–Kier alpha value is -2.64. The first-order valence-electron chi connectivity index (χ1n) is 10.1. The third-order valence-corrected chi connectivity index (χ3v) is 7.60. The summed E-state index contributed by atoms with van der Waals surface area (Å²) in [6, 6.07) is 16.9. The maximum absolute atomic E-state index is 13.2. The van der Waals surface area contributed by atoms with Crippen LogP contribution in [0.1, 0.15) is 40.8 Å². The fourth-order valence-electron chi connectivity index (χ4n) is 4.34. The Labute approximate surface area is 192 Å². The predicted molar refractivity (Wildman–Crippen MR) is 122 cm³/mol. The Kier molecular flexibility index (Phi) is 5.32. The van der Waals surface area contributed by atoms with Crippen LogP contribution in [-0.2, 0) is 9.53 Å². The highest BCUT2D eigenvalue weighted by atomic mass is 79.9. The second-order valence-corrected chi connectivity index (χ2v) is 9.71. The van der Waals surface area contributed by atoms with Gasteiger partial charge in [0, 0.05) is 26.7 Å². The number of hydrogen-bond donors (Lipinski definition) is 1. The summed E-state index contributed by atoms with van der Waals surface area (Å²) in [5.74, 6) is -1.11. The van der Waals surface area contributed by atoms with E-state index in [4.69, 9.17) is 4.74 Å². The van der Waals surface area contributed by atoms with Crippen molar-refractivity contribution in [3.8, 4) is 11.1 Å². The third kappa shape index (κ3) is 3.77. The molecule has 5 rings (SSSR count). The minimum absolute atomic E-state index is 0.0587. The molecule has 7 heteroatoms. The van der Waals surface area contributed by atoms with Crippen molar-refractivity contribution in [2.45, 2.75) is 30.8 Å². The number of carbonyl (C=O) groups is 2. The second-order valence-electron chi connectivity index (χ2n) is 7.85. The summed E-state index contributed by atoms with van der Waals surface area (Å²) in [4.78, 5) is 27.3. The topological polar surface area (TPSA) is 66.8 Å². The molecule has 0 saturated heterocycles. The summed E-state index contributed by atoms with van der Waals surface area (Å²) in [6.07, 6.45) is 1.02. The highest BCUT2D eigenvalue weighted by Crippen LogP contribution is 2.45. The Morgan fingerprint density at radius 2 is 1.71 bits per heavy atom. The number of amides is 1. The number of aliphatic carboxylic acids is 1. The van der Waals surface area contributed by atoms with Crippen LogP contribution in [0.2, 0.25) is 0 Å². The molecule has 1 N–H and O–H groups in total. The van der Waals surface area contributed by atoms with Gasteiger partial charge in [0.15, 0.2) is 6.04 Å². The molecule has 1 fully saturated rings. The lowest BCUT2D eigenvalue weighted by Crippen LogP contribution is -2.41. The van der Waals surface area contributed by atoms with Crippen molar-refractivity contribution in [3.63, 3.8) is 0 Å². The van der Waals surface area contributed by atoms with E-state index in [1.807, 2.05) is 29.6 Å². The number of nitrogens with zero attached hydrogens (tertiary/aromatic N) is 1. The molecule has 158 valence electrons. The van der Waals surface area contributed by atoms with Gasteiger partial charge in [-0.2, -0.15) is 0 Å². The molecule has 31 heavy (non-hydrogen) atoms. The molecule has 2 aromatic carbocycles. The quantitative estimate of drug-likeness (QED) is 0.450. The van der Waals surface area contributed by atoms with Crippen molar-refractivity contribution in [3.05, 3.63) is 80.5 Å². The summed E-state index contributed by atoms with van der Waals surface area (Å²) in [5.41, 5.74) is 4.58. The highest BCUT2D eigenvalue weighted by Gasteiger charge is 2.43. The lowest BCUT2D eigenvalue weighted by molar-refractivity contribution is -0.143. The molecule has 0 bridgehead atoms. The van der Waals surface area contributed by atoms with Crippen LogP contribution in [0.4, 0.5) is 4.79 Å². The second kappa shape index (κ2) is 8.13. The predicted octanol–water partition coefficient (Wildman–Crippen LogP) is 6.05. The van der Waals surface area contributed by atoms with Crippen LogP contribution < -0.4 is 0 Å². The molecule has 0 spiro atoms. The largest absolute Gasteiger partial charge is 0.479 e. The van der Waals surface area contributed by atoms with E-state index in [2.05, 4.69) is 40.2 Å². The van der Waals surface area contributed by atoms with Crippen LogP contribution in [0.15, 0.2) is 64.5 Å². The standard InChI is InChI=1S/C24H20BrNO4S/c25-14-11-21(31-13-14)22(23(27)28)26(15-9-10-15)24(29)30-12-20-18-7-3-1-5-16(18)17-6-2-4-8-19(17)20/h1-8,11,13,15,20,22H,9-10,12H2,(H,27,28). The number of carbonyl (C=O) groups excluding carboxylic acids is 1. The van der Waals surface area contributed by atoms with Gasteiger partial charge in [0.1, 0.15) is 6.61 Å². The van der Waals surface area contributed by atoms with Crippen LogP contribution >= 0.6 is 27.3 Å². The fourth-order valence-corrected chi connectivity index (χ4v) is 5.87. The van der Waals surface area contributed by atoms with Crippen molar-refractivity contribution in [2.24, 2.45) is 0 Å². The molecule has 1 aromatic heterocycles. The van der Waals surface area contributed by atoms with E-state index in [9.17, 15) is 14.7 Å². The zero-order chi connectivity index (χ0) is 21.5. The molecule has 2 aliphatic carbocycles. The molecule has 1 atom stereocenters. The van der Waals surface area contributed by atoms with Gasteiger partial charge >= 0.3 is 12.1 Å². The van der Waals surface area contributed by atoms with E-state index < -0.39 is 18.1 Å². The molecule has 1 heterocycles. The maximum Gasteiger partial charge on any atom is 0.411 e. The van der Waals surface area contributed by atoms with Crippen molar-refractivity contribution in [1.82, 2.24) is 4.90 Å². The van der Waals surface area contributed by atoms with E-state index in [1.165, 1.54) is 16.2 Å². The van der Waals surface area contributed by atoms with E-state index in [0.717, 1.165) is 39.6 Å². The van der Waals surface area contributed by atoms with Crippen molar-refractivity contribution in [2.75, 3.05) is 6.61 Å². The van der Waals surface area contributed by atoms with Crippen LogP contribution in [0, 0.1) is 0 Å². The van der Waals surface area contributed by atoms with E-state index >= 15 is 0 Å². The molecule has 5 nitrogen and oxygen atoms in total. The van der Waals surface area contributed by atoms with Gasteiger partial charge in [0.25, 0.3) is 0 Å². The Morgan fingerprint density at radius 3 is 2.23 bits per heavy atom. The molecule has 2 aliphatic rings. The molecule has 0 radical (unpaired) electrons. The van der Waals surface area contributed by atoms with Crippen molar-refractivity contribution >= 4 is 39.3 Å². The fraction of sp³-hybridized carbons (Fsp3) is 0.250. The summed E-state index contributed by atoms with van der Waals surface area (Å²) < 4.78 is 6.59. The van der Waals surface area contributed by atoms with Gasteiger partial charge in [-0.15, -0.1) is 11.3 Å². The first-order valence-corrected chi connectivity index (χ1v) is 11.8. The highest BCUT2D eigenvalue weighted by molar-refractivity contribution is 9.10. The maximum atomic E-state index is 13.2. The van der Waals surface area contributed by atoms with Crippen molar-refractivity contribution in [1.29, 1.82) is 0 Å². The van der Waals surface area contributed by atoms with Gasteiger partial charge in [-0.1, -0.05) is 48.5 Å². The van der Waals surface area contributed by atoms with Gasteiger partial charge in [-0.3, -0.25) is 4.90 Å². The summed E-state index contributed by atoms with van der Waals surface area (Å²) in [6.45, 7) is 0.177. The summed E-state index contributed by atoms with van der Waals surface area (Å²) in [5, 5.41) is 11.7. The van der Waals surface area contributed by atoms with Gasteiger partial charge in [0.05, 0.1) is 0 Å². The number of carboxylic acid groups (broad SMARTS) is 1. The van der Waals surface area contributed by atoms with E-state index in [-0.39, 0.29) is 18.6 Å². The SMILES string of the molecule is O=C(O)C(c1cc(Br)cs1)N(C(=O)OCC1c2ccccc2-c2ccccc21)C1CC1. The van der Waals surface area contributed by atoms with E-state index in [0.29, 0.717) is 4.88 Å². The summed E-state index contributed by atoms with van der Waals surface area (Å²) in [7, 11) is 0. The number of rotatable bonds is 6. The van der Waals surface area contributed by atoms with Gasteiger partial charge in [-0.05, 0) is 57.1 Å². The number of carboxylic acids is 1. The Morgan fingerprint density at radius 1 is 1.10 bits per heavy atom. The van der Waals surface area contributed by atoms with Crippen LogP contribution in [0.25, 0.3) is 11.1 Å². The van der Waals surface area contributed by atoms with Gasteiger partial charge in [0.2, 0.25) is 0 Å². The average molecular weight is 498 g/mol. The number of thiophene rings is 1.